The Bertz CT molecular complexity index is 909. The number of halogens is 1. The maximum absolute atomic E-state index is 12.2. The fraction of sp³-hybridized carbons (Fsp3) is 0.316. The normalized spacial score (nSPS) is 16.1. The van der Waals surface area contributed by atoms with E-state index in [0.29, 0.717) is 12.2 Å². The zero-order chi connectivity index (χ0) is 20.1. The summed E-state index contributed by atoms with van der Waals surface area (Å²) in [7, 11) is -3.73. The molecule has 1 fully saturated rings. The maximum atomic E-state index is 12.2. The molecule has 2 aromatic rings. The minimum absolute atomic E-state index is 0.0160. The lowest BCUT2D eigenvalue weighted by atomic mass is 10.2. The van der Waals surface area contributed by atoms with Crippen LogP contribution in [0.4, 0.5) is 5.69 Å². The molecule has 3 N–H and O–H groups in total. The number of hydrogen-bond acceptors (Lipinski definition) is 5. The molecule has 0 radical (unpaired) electrons. The number of nitrogens with two attached hydrogens (primary N) is 1. The summed E-state index contributed by atoms with van der Waals surface area (Å²) in [5.74, 6) is -0.130. The zero-order valence-corrected chi connectivity index (χ0v) is 16.9. The maximum Gasteiger partial charge on any atom is 0.238 e. The third-order valence-electron chi connectivity index (χ3n) is 4.62. The molecule has 1 heterocycles. The Labute approximate surface area is 170 Å². The quantitative estimate of drug-likeness (QED) is 0.739. The van der Waals surface area contributed by atoms with Crippen LogP contribution in [0.25, 0.3) is 0 Å². The van der Waals surface area contributed by atoms with Crippen LogP contribution in [0.2, 0.25) is 5.02 Å². The van der Waals surface area contributed by atoms with Crippen molar-refractivity contribution < 1.29 is 13.2 Å². The number of primary sulfonamides is 1. The van der Waals surface area contributed by atoms with Crippen molar-refractivity contribution in [3.8, 4) is 0 Å². The van der Waals surface area contributed by atoms with Crippen LogP contribution in [-0.4, -0.2) is 56.8 Å². The van der Waals surface area contributed by atoms with Crippen LogP contribution in [0, 0.1) is 0 Å². The standard InChI is InChI=1S/C19H23ClN4O3S/c20-16-3-1-15(2-4-16)13-23-9-11-24(12-10-23)14-19(25)22-17-5-7-18(8-6-17)28(21,26)27/h1-8H,9-14H2,(H,22,25)(H2,21,26,27). The van der Waals surface area contributed by atoms with E-state index in [1.807, 2.05) is 24.3 Å². The fourth-order valence-corrected chi connectivity index (χ4v) is 3.73. The van der Waals surface area contributed by atoms with E-state index in [0.717, 1.165) is 37.7 Å². The fourth-order valence-electron chi connectivity index (χ4n) is 3.09. The Hall–Kier alpha value is -1.97. The van der Waals surface area contributed by atoms with E-state index >= 15 is 0 Å². The first-order chi connectivity index (χ1) is 13.3. The Morgan fingerprint density at radius 3 is 2.11 bits per heavy atom. The molecule has 0 spiro atoms. The van der Waals surface area contributed by atoms with Gasteiger partial charge in [0.05, 0.1) is 11.4 Å². The monoisotopic (exact) mass is 422 g/mol. The van der Waals surface area contributed by atoms with Gasteiger partial charge in [-0.05, 0) is 42.0 Å². The number of benzene rings is 2. The number of sulfonamides is 1. The van der Waals surface area contributed by atoms with Gasteiger partial charge in [-0.3, -0.25) is 14.6 Å². The van der Waals surface area contributed by atoms with Crippen molar-refractivity contribution in [3.63, 3.8) is 0 Å². The molecule has 0 unspecified atom stereocenters. The summed E-state index contributed by atoms with van der Waals surface area (Å²) in [6.07, 6.45) is 0. The average molecular weight is 423 g/mol. The zero-order valence-electron chi connectivity index (χ0n) is 15.3. The van der Waals surface area contributed by atoms with E-state index in [9.17, 15) is 13.2 Å². The van der Waals surface area contributed by atoms with Gasteiger partial charge in [-0.1, -0.05) is 23.7 Å². The number of rotatable bonds is 6. The average Bonchev–Trinajstić information content (AvgIpc) is 2.65. The summed E-state index contributed by atoms with van der Waals surface area (Å²) in [4.78, 5) is 16.7. The number of carbonyl (C=O) groups excluding carboxylic acids is 1. The van der Waals surface area contributed by atoms with Crippen LogP contribution in [0.1, 0.15) is 5.56 Å². The molecule has 0 aromatic heterocycles. The summed E-state index contributed by atoms with van der Waals surface area (Å²) in [5.41, 5.74) is 1.76. The molecule has 0 bridgehead atoms. The molecule has 7 nitrogen and oxygen atoms in total. The van der Waals surface area contributed by atoms with Crippen molar-refractivity contribution >= 4 is 33.2 Å². The van der Waals surface area contributed by atoms with Crippen LogP contribution in [-0.2, 0) is 21.4 Å². The van der Waals surface area contributed by atoms with E-state index < -0.39 is 10.0 Å². The molecule has 1 aliphatic heterocycles. The van der Waals surface area contributed by atoms with Crippen molar-refractivity contribution in [2.75, 3.05) is 38.0 Å². The molecule has 28 heavy (non-hydrogen) atoms. The highest BCUT2D eigenvalue weighted by Crippen LogP contribution is 2.14. The lowest BCUT2D eigenvalue weighted by molar-refractivity contribution is -0.117. The predicted molar refractivity (Wildman–Crippen MR) is 110 cm³/mol. The predicted octanol–water partition coefficient (Wildman–Crippen LogP) is 1.74. The Kier molecular flexibility index (Phi) is 6.69. The number of carbonyl (C=O) groups is 1. The topological polar surface area (TPSA) is 95.7 Å². The molecular formula is C19H23ClN4O3S. The van der Waals surface area contributed by atoms with E-state index in [2.05, 4.69) is 15.1 Å². The Balaban J connectivity index is 1.44. The summed E-state index contributed by atoms with van der Waals surface area (Å²) >= 11 is 5.92. The van der Waals surface area contributed by atoms with Gasteiger partial charge in [0, 0.05) is 43.4 Å². The summed E-state index contributed by atoms with van der Waals surface area (Å²) in [6.45, 7) is 4.56. The number of amides is 1. The third kappa shape index (κ3) is 6.02. The molecular weight excluding hydrogens is 400 g/mol. The van der Waals surface area contributed by atoms with Crippen molar-refractivity contribution in [1.29, 1.82) is 0 Å². The molecule has 1 saturated heterocycles. The first-order valence-electron chi connectivity index (χ1n) is 8.91. The molecule has 3 rings (SSSR count). The van der Waals surface area contributed by atoms with Crippen LogP contribution in [0.5, 0.6) is 0 Å². The largest absolute Gasteiger partial charge is 0.325 e. The van der Waals surface area contributed by atoms with E-state index in [1.54, 1.807) is 0 Å². The number of nitrogens with one attached hydrogen (secondary N) is 1. The summed E-state index contributed by atoms with van der Waals surface area (Å²) < 4.78 is 22.5. The summed E-state index contributed by atoms with van der Waals surface area (Å²) in [6, 6.07) is 13.7. The lowest BCUT2D eigenvalue weighted by Gasteiger charge is -2.34. The van der Waals surface area contributed by atoms with Gasteiger partial charge in [-0.2, -0.15) is 0 Å². The van der Waals surface area contributed by atoms with Crippen LogP contribution < -0.4 is 10.5 Å². The van der Waals surface area contributed by atoms with Gasteiger partial charge < -0.3 is 5.32 Å². The number of hydrogen-bond donors (Lipinski definition) is 2. The third-order valence-corrected chi connectivity index (χ3v) is 5.80. The smallest absolute Gasteiger partial charge is 0.238 e. The van der Waals surface area contributed by atoms with Crippen LogP contribution >= 0.6 is 11.6 Å². The molecule has 0 aliphatic carbocycles. The van der Waals surface area contributed by atoms with Crippen molar-refractivity contribution in [1.82, 2.24) is 9.80 Å². The molecule has 9 heteroatoms. The molecule has 1 aliphatic rings. The minimum atomic E-state index is -3.73. The SMILES string of the molecule is NS(=O)(=O)c1ccc(NC(=O)CN2CCN(Cc3ccc(Cl)cc3)CC2)cc1. The highest BCUT2D eigenvalue weighted by Gasteiger charge is 2.19. The Morgan fingerprint density at radius 2 is 1.54 bits per heavy atom. The van der Waals surface area contributed by atoms with Gasteiger partial charge in [0.25, 0.3) is 0 Å². The van der Waals surface area contributed by atoms with Gasteiger partial charge >= 0.3 is 0 Å². The highest BCUT2D eigenvalue weighted by molar-refractivity contribution is 7.89. The first kappa shape index (κ1) is 20.8. The lowest BCUT2D eigenvalue weighted by Crippen LogP contribution is -2.48. The second-order valence-corrected chi connectivity index (χ2v) is 8.79. The molecule has 2 aromatic carbocycles. The van der Waals surface area contributed by atoms with E-state index in [4.69, 9.17) is 16.7 Å². The second-order valence-electron chi connectivity index (χ2n) is 6.80. The van der Waals surface area contributed by atoms with Gasteiger partial charge in [0.1, 0.15) is 0 Å². The van der Waals surface area contributed by atoms with Gasteiger partial charge in [-0.15, -0.1) is 0 Å². The Morgan fingerprint density at radius 1 is 0.964 bits per heavy atom. The summed E-state index contributed by atoms with van der Waals surface area (Å²) in [5, 5.41) is 8.58. The number of piperazine rings is 1. The van der Waals surface area contributed by atoms with Gasteiger partial charge in [0.2, 0.25) is 15.9 Å². The van der Waals surface area contributed by atoms with Gasteiger partial charge in [0.15, 0.2) is 0 Å². The van der Waals surface area contributed by atoms with E-state index in [1.165, 1.54) is 29.8 Å². The number of nitrogens with zero attached hydrogens (tertiary/aromatic N) is 2. The van der Waals surface area contributed by atoms with Crippen molar-refractivity contribution in [3.05, 3.63) is 59.1 Å². The second kappa shape index (κ2) is 9.02. The van der Waals surface area contributed by atoms with Gasteiger partial charge in [-0.25, -0.2) is 13.6 Å². The van der Waals surface area contributed by atoms with E-state index in [-0.39, 0.29) is 10.8 Å². The first-order valence-corrected chi connectivity index (χ1v) is 10.8. The highest BCUT2D eigenvalue weighted by atomic mass is 35.5. The van der Waals surface area contributed by atoms with Crippen LogP contribution in [0.3, 0.4) is 0 Å². The van der Waals surface area contributed by atoms with Crippen molar-refractivity contribution in [2.24, 2.45) is 5.14 Å². The van der Waals surface area contributed by atoms with Crippen LogP contribution in [0.15, 0.2) is 53.4 Å². The minimum Gasteiger partial charge on any atom is -0.325 e. The van der Waals surface area contributed by atoms with Crippen molar-refractivity contribution in [2.45, 2.75) is 11.4 Å². The molecule has 0 atom stereocenters. The molecule has 1 amide bonds. The molecule has 150 valence electrons. The molecule has 0 saturated carbocycles. The number of anilines is 1.